The topological polar surface area (TPSA) is 44.8 Å². The van der Waals surface area contributed by atoms with Crippen LogP contribution in [0.15, 0.2) is 24.3 Å². The SMILES string of the molecule is CCC[C@H](CNC(=O)N1CC(Oc2cccc(C)c2)C1)N(C)C. The Kier molecular flexibility index (Phi) is 6.28. The lowest BCUT2D eigenvalue weighted by Gasteiger charge is -2.39. The van der Waals surface area contributed by atoms with Gasteiger partial charge in [0.15, 0.2) is 0 Å². The lowest BCUT2D eigenvalue weighted by atomic mass is 10.1. The Morgan fingerprint density at radius 2 is 2.17 bits per heavy atom. The largest absolute Gasteiger partial charge is 0.487 e. The molecule has 0 bridgehead atoms. The van der Waals surface area contributed by atoms with Crippen molar-refractivity contribution in [3.63, 3.8) is 0 Å². The van der Waals surface area contributed by atoms with Crippen LogP contribution in [-0.2, 0) is 0 Å². The molecule has 1 aliphatic heterocycles. The molecule has 1 saturated heterocycles. The highest BCUT2D eigenvalue weighted by molar-refractivity contribution is 5.75. The first-order chi connectivity index (χ1) is 11.0. The molecule has 2 amide bonds. The summed E-state index contributed by atoms with van der Waals surface area (Å²) >= 11 is 0. The first kappa shape index (κ1) is 17.6. The van der Waals surface area contributed by atoms with Crippen molar-refractivity contribution in [3.05, 3.63) is 29.8 Å². The van der Waals surface area contributed by atoms with E-state index in [9.17, 15) is 4.79 Å². The predicted molar refractivity (Wildman–Crippen MR) is 92.9 cm³/mol. The zero-order valence-electron chi connectivity index (χ0n) is 14.7. The van der Waals surface area contributed by atoms with Crippen molar-refractivity contribution >= 4 is 6.03 Å². The molecule has 1 aromatic carbocycles. The minimum absolute atomic E-state index is 0.0112. The number of likely N-dealkylation sites (N-methyl/N-ethyl adjacent to an activating group) is 1. The van der Waals surface area contributed by atoms with E-state index >= 15 is 0 Å². The number of carbonyl (C=O) groups excluding carboxylic acids is 1. The number of benzene rings is 1. The van der Waals surface area contributed by atoms with Crippen molar-refractivity contribution in [2.24, 2.45) is 0 Å². The van der Waals surface area contributed by atoms with Crippen LogP contribution in [0, 0.1) is 6.92 Å². The molecule has 1 heterocycles. The summed E-state index contributed by atoms with van der Waals surface area (Å²) in [5.41, 5.74) is 1.18. The van der Waals surface area contributed by atoms with Gasteiger partial charge >= 0.3 is 6.03 Å². The Bertz CT molecular complexity index is 513. The Labute approximate surface area is 139 Å². The Balaban J connectivity index is 1.70. The molecule has 5 nitrogen and oxygen atoms in total. The smallest absolute Gasteiger partial charge is 0.317 e. The van der Waals surface area contributed by atoms with Crippen LogP contribution < -0.4 is 10.1 Å². The van der Waals surface area contributed by atoms with E-state index in [0.717, 1.165) is 18.6 Å². The lowest BCUT2D eigenvalue weighted by molar-refractivity contribution is 0.0438. The van der Waals surface area contributed by atoms with Crippen molar-refractivity contribution in [2.75, 3.05) is 33.7 Å². The molecule has 1 atom stereocenters. The number of aryl methyl sites for hydroxylation is 1. The fraction of sp³-hybridized carbons (Fsp3) is 0.611. The summed E-state index contributed by atoms with van der Waals surface area (Å²) in [6.07, 6.45) is 2.31. The lowest BCUT2D eigenvalue weighted by Crippen LogP contribution is -2.59. The zero-order chi connectivity index (χ0) is 16.8. The van der Waals surface area contributed by atoms with Crippen molar-refractivity contribution in [1.29, 1.82) is 0 Å². The Morgan fingerprint density at radius 1 is 1.43 bits per heavy atom. The van der Waals surface area contributed by atoms with Crippen LogP contribution in [0.25, 0.3) is 0 Å². The molecular formula is C18H29N3O2. The van der Waals surface area contributed by atoms with E-state index in [4.69, 9.17) is 4.74 Å². The second-order valence-corrected chi connectivity index (χ2v) is 6.55. The van der Waals surface area contributed by atoms with Crippen molar-refractivity contribution < 1.29 is 9.53 Å². The van der Waals surface area contributed by atoms with Gasteiger partial charge in [-0.15, -0.1) is 0 Å². The highest BCUT2D eigenvalue weighted by Gasteiger charge is 2.32. The van der Waals surface area contributed by atoms with Gasteiger partial charge in [0, 0.05) is 12.6 Å². The molecule has 1 fully saturated rings. The minimum Gasteiger partial charge on any atom is -0.487 e. The van der Waals surface area contributed by atoms with Crippen LogP contribution in [0.4, 0.5) is 4.79 Å². The third-order valence-electron chi connectivity index (χ3n) is 4.27. The van der Waals surface area contributed by atoms with Crippen LogP contribution in [0.5, 0.6) is 5.75 Å². The molecular weight excluding hydrogens is 290 g/mol. The monoisotopic (exact) mass is 319 g/mol. The number of nitrogens with one attached hydrogen (secondary N) is 1. The summed E-state index contributed by atoms with van der Waals surface area (Å²) < 4.78 is 5.88. The average molecular weight is 319 g/mol. The summed E-state index contributed by atoms with van der Waals surface area (Å²) in [4.78, 5) is 16.1. The number of hydrogen-bond acceptors (Lipinski definition) is 3. The van der Waals surface area contributed by atoms with E-state index in [1.54, 1.807) is 4.90 Å². The summed E-state index contributed by atoms with van der Waals surface area (Å²) in [5.74, 6) is 0.880. The molecule has 1 aromatic rings. The van der Waals surface area contributed by atoms with E-state index < -0.39 is 0 Å². The van der Waals surface area contributed by atoms with Crippen molar-refractivity contribution in [1.82, 2.24) is 15.1 Å². The van der Waals surface area contributed by atoms with Gasteiger partial charge in [-0.3, -0.25) is 0 Å². The number of nitrogens with zero attached hydrogens (tertiary/aromatic N) is 2. The fourth-order valence-electron chi connectivity index (χ4n) is 2.75. The van der Waals surface area contributed by atoms with E-state index in [1.807, 2.05) is 31.2 Å². The van der Waals surface area contributed by atoms with Gasteiger partial charge in [0.25, 0.3) is 0 Å². The zero-order valence-corrected chi connectivity index (χ0v) is 14.7. The molecule has 0 saturated carbocycles. The average Bonchev–Trinajstić information content (AvgIpc) is 2.46. The third-order valence-corrected chi connectivity index (χ3v) is 4.27. The summed E-state index contributed by atoms with van der Waals surface area (Å²) in [6, 6.07) is 8.42. The van der Waals surface area contributed by atoms with E-state index in [0.29, 0.717) is 25.7 Å². The summed E-state index contributed by atoms with van der Waals surface area (Å²) in [7, 11) is 4.11. The minimum atomic E-state index is 0.0112. The van der Waals surface area contributed by atoms with Gasteiger partial charge < -0.3 is 19.9 Å². The Morgan fingerprint density at radius 3 is 2.78 bits per heavy atom. The molecule has 0 aromatic heterocycles. The Hall–Kier alpha value is -1.75. The van der Waals surface area contributed by atoms with Gasteiger partial charge in [-0.05, 0) is 45.1 Å². The van der Waals surface area contributed by atoms with Gasteiger partial charge in [-0.2, -0.15) is 0 Å². The second kappa shape index (κ2) is 8.20. The van der Waals surface area contributed by atoms with E-state index in [1.165, 1.54) is 5.56 Å². The summed E-state index contributed by atoms with van der Waals surface area (Å²) in [5, 5.41) is 3.03. The maximum Gasteiger partial charge on any atom is 0.317 e. The van der Waals surface area contributed by atoms with E-state index in [2.05, 4.69) is 31.2 Å². The number of hydrogen-bond donors (Lipinski definition) is 1. The molecule has 5 heteroatoms. The molecule has 0 radical (unpaired) electrons. The fourth-order valence-corrected chi connectivity index (χ4v) is 2.75. The number of urea groups is 1. The number of ether oxygens (including phenoxy) is 1. The van der Waals surface area contributed by atoms with Crippen LogP contribution >= 0.6 is 0 Å². The number of carbonyl (C=O) groups is 1. The molecule has 0 spiro atoms. The molecule has 1 N–H and O–H groups in total. The van der Waals surface area contributed by atoms with Gasteiger partial charge in [0.1, 0.15) is 11.9 Å². The van der Waals surface area contributed by atoms with Gasteiger partial charge in [0.2, 0.25) is 0 Å². The molecule has 2 rings (SSSR count). The van der Waals surface area contributed by atoms with Crippen LogP contribution in [-0.4, -0.2) is 61.7 Å². The van der Waals surface area contributed by atoms with Gasteiger partial charge in [0.05, 0.1) is 13.1 Å². The number of amides is 2. The van der Waals surface area contributed by atoms with Gasteiger partial charge in [-0.1, -0.05) is 25.5 Å². The molecule has 128 valence electrons. The van der Waals surface area contributed by atoms with Crippen LogP contribution in [0.1, 0.15) is 25.3 Å². The molecule has 0 aliphatic carbocycles. The third kappa shape index (κ3) is 5.13. The van der Waals surface area contributed by atoms with Gasteiger partial charge in [-0.25, -0.2) is 4.79 Å². The highest BCUT2D eigenvalue weighted by Crippen LogP contribution is 2.19. The van der Waals surface area contributed by atoms with Crippen LogP contribution in [0.3, 0.4) is 0 Å². The van der Waals surface area contributed by atoms with Crippen molar-refractivity contribution in [3.8, 4) is 5.75 Å². The van der Waals surface area contributed by atoms with Crippen molar-refractivity contribution in [2.45, 2.75) is 38.8 Å². The predicted octanol–water partition coefficient (Wildman–Crippen LogP) is 2.50. The normalized spacial score (nSPS) is 16.1. The number of likely N-dealkylation sites (tertiary alicyclic amines) is 1. The summed E-state index contributed by atoms with van der Waals surface area (Å²) in [6.45, 7) is 6.21. The van der Waals surface area contributed by atoms with E-state index in [-0.39, 0.29) is 12.1 Å². The first-order valence-electron chi connectivity index (χ1n) is 8.42. The highest BCUT2D eigenvalue weighted by atomic mass is 16.5. The standard InChI is InChI=1S/C18H29N3O2/c1-5-7-15(20(3)4)11-19-18(22)21-12-17(13-21)23-16-9-6-8-14(2)10-16/h6,8-10,15,17H,5,7,11-13H2,1-4H3,(H,19,22)/t15-/m1/s1. The molecule has 0 unspecified atom stereocenters. The maximum atomic E-state index is 12.1. The second-order valence-electron chi connectivity index (χ2n) is 6.55. The number of rotatable bonds is 7. The van der Waals surface area contributed by atoms with Crippen LogP contribution in [0.2, 0.25) is 0 Å². The maximum absolute atomic E-state index is 12.1. The quantitative estimate of drug-likeness (QED) is 0.840. The first-order valence-corrected chi connectivity index (χ1v) is 8.42. The molecule has 1 aliphatic rings. The molecule has 23 heavy (non-hydrogen) atoms.